The average Bonchev–Trinajstić information content (AvgIpc) is 3.04. The number of anilines is 1. The molecule has 132 valence electrons. The number of benzene rings is 1. The lowest BCUT2D eigenvalue weighted by Crippen LogP contribution is -2.50. The van der Waals surface area contributed by atoms with E-state index < -0.39 is 0 Å². The highest BCUT2D eigenvalue weighted by atomic mass is 35.5. The number of hydrogen-bond donors (Lipinski definition) is 1. The monoisotopic (exact) mass is 357 g/mol. The van der Waals surface area contributed by atoms with Crippen molar-refractivity contribution in [3.8, 4) is 0 Å². The average molecular weight is 358 g/mol. The number of rotatable bonds is 4. The van der Waals surface area contributed by atoms with E-state index in [4.69, 9.17) is 21.3 Å². The lowest BCUT2D eigenvalue weighted by Gasteiger charge is -2.35. The zero-order chi connectivity index (χ0) is 17.2. The number of pyridine rings is 1. The fraction of sp³-hybridized carbons (Fsp3) is 0.450. The van der Waals surface area contributed by atoms with Crippen LogP contribution in [0.15, 0.2) is 36.4 Å². The fourth-order valence-corrected chi connectivity index (χ4v) is 3.91. The Balaban J connectivity index is 1.51. The van der Waals surface area contributed by atoms with E-state index in [9.17, 15) is 0 Å². The summed E-state index contributed by atoms with van der Waals surface area (Å²) in [7, 11) is 0. The van der Waals surface area contributed by atoms with Gasteiger partial charge in [-0.3, -0.25) is 0 Å². The third kappa shape index (κ3) is 3.52. The molecule has 0 unspecified atom stereocenters. The molecule has 1 aromatic carbocycles. The van der Waals surface area contributed by atoms with Gasteiger partial charge < -0.3 is 15.0 Å². The van der Waals surface area contributed by atoms with Crippen LogP contribution in [-0.4, -0.2) is 30.7 Å². The number of nitrogens with one attached hydrogen (secondary N) is 1. The second-order valence-electron chi connectivity index (χ2n) is 6.89. The Morgan fingerprint density at radius 3 is 3.00 bits per heavy atom. The molecule has 2 aliphatic rings. The molecule has 2 heterocycles. The van der Waals surface area contributed by atoms with Gasteiger partial charge in [0.1, 0.15) is 11.9 Å². The molecule has 4 rings (SSSR count). The maximum absolute atomic E-state index is 6.24. The highest BCUT2D eigenvalue weighted by Gasteiger charge is 2.27. The van der Waals surface area contributed by atoms with Gasteiger partial charge in [-0.15, -0.1) is 0 Å². The van der Waals surface area contributed by atoms with Gasteiger partial charge in [-0.2, -0.15) is 0 Å². The number of fused-ring (bicyclic) bond motifs is 1. The van der Waals surface area contributed by atoms with Crippen LogP contribution >= 0.6 is 11.6 Å². The van der Waals surface area contributed by atoms with Crippen molar-refractivity contribution in [3.63, 3.8) is 0 Å². The molecule has 4 nitrogen and oxygen atoms in total. The summed E-state index contributed by atoms with van der Waals surface area (Å²) in [5, 5.41) is 4.19. The maximum atomic E-state index is 6.24. The first-order valence-corrected chi connectivity index (χ1v) is 9.42. The van der Waals surface area contributed by atoms with Crippen molar-refractivity contribution in [2.45, 2.75) is 38.5 Å². The molecule has 1 saturated heterocycles. The van der Waals surface area contributed by atoms with E-state index in [1.165, 1.54) is 5.56 Å². The lowest BCUT2D eigenvalue weighted by atomic mass is 10.2. The minimum Gasteiger partial charge on any atom is -0.367 e. The molecule has 1 aliphatic heterocycles. The SMILES string of the molecule is C[C@@H]1CNCCN1c1ccc2c(n1)[C@@H](OCc1ccccc1Cl)CC2. The van der Waals surface area contributed by atoms with Crippen molar-refractivity contribution in [1.29, 1.82) is 0 Å². The van der Waals surface area contributed by atoms with Crippen LogP contribution in [0.3, 0.4) is 0 Å². The molecule has 25 heavy (non-hydrogen) atoms. The van der Waals surface area contributed by atoms with Crippen molar-refractivity contribution in [1.82, 2.24) is 10.3 Å². The van der Waals surface area contributed by atoms with E-state index >= 15 is 0 Å². The number of hydrogen-bond acceptors (Lipinski definition) is 4. The summed E-state index contributed by atoms with van der Waals surface area (Å²) in [6.07, 6.45) is 2.09. The van der Waals surface area contributed by atoms with Crippen LogP contribution < -0.4 is 10.2 Å². The molecule has 1 aliphatic carbocycles. The van der Waals surface area contributed by atoms with E-state index in [0.717, 1.165) is 54.6 Å². The normalized spacial score (nSPS) is 22.9. The van der Waals surface area contributed by atoms with E-state index in [1.54, 1.807) is 0 Å². The topological polar surface area (TPSA) is 37.4 Å². The molecule has 0 spiro atoms. The summed E-state index contributed by atoms with van der Waals surface area (Å²) in [4.78, 5) is 7.37. The van der Waals surface area contributed by atoms with Crippen molar-refractivity contribution in [2.24, 2.45) is 0 Å². The summed E-state index contributed by atoms with van der Waals surface area (Å²) in [6, 6.07) is 12.7. The molecule has 0 bridgehead atoms. The number of aryl methyl sites for hydroxylation is 1. The zero-order valence-electron chi connectivity index (χ0n) is 14.5. The van der Waals surface area contributed by atoms with Crippen molar-refractivity contribution in [2.75, 3.05) is 24.5 Å². The summed E-state index contributed by atoms with van der Waals surface area (Å²) in [5.74, 6) is 1.07. The Hall–Kier alpha value is -1.62. The second-order valence-corrected chi connectivity index (χ2v) is 7.30. The molecule has 0 saturated carbocycles. The molecule has 0 radical (unpaired) electrons. The summed E-state index contributed by atoms with van der Waals surface area (Å²) in [6.45, 7) is 5.78. The third-order valence-corrected chi connectivity index (χ3v) is 5.54. The minimum absolute atomic E-state index is 0.0597. The summed E-state index contributed by atoms with van der Waals surface area (Å²) < 4.78 is 6.19. The van der Waals surface area contributed by atoms with E-state index in [-0.39, 0.29) is 6.10 Å². The number of aromatic nitrogens is 1. The standard InChI is InChI=1S/C20H24ClN3O/c1-14-12-22-10-11-24(14)19-9-7-15-6-8-18(20(15)23-19)25-13-16-4-2-3-5-17(16)21/h2-5,7,9,14,18,22H,6,8,10-13H2,1H3/t14-,18+/m1/s1. The van der Waals surface area contributed by atoms with E-state index in [2.05, 4.69) is 29.3 Å². The molecule has 5 heteroatoms. The largest absolute Gasteiger partial charge is 0.367 e. The van der Waals surface area contributed by atoms with E-state index in [1.807, 2.05) is 24.3 Å². The zero-order valence-corrected chi connectivity index (χ0v) is 15.3. The van der Waals surface area contributed by atoms with Gasteiger partial charge in [0.25, 0.3) is 0 Å². The summed E-state index contributed by atoms with van der Waals surface area (Å²) >= 11 is 6.24. The number of nitrogens with zero attached hydrogens (tertiary/aromatic N) is 2. The first-order valence-electron chi connectivity index (χ1n) is 9.04. The highest BCUT2D eigenvalue weighted by molar-refractivity contribution is 6.31. The molecular weight excluding hydrogens is 334 g/mol. The van der Waals surface area contributed by atoms with Crippen LogP contribution in [0.25, 0.3) is 0 Å². The molecule has 1 fully saturated rings. The Labute approximate surface area is 154 Å². The third-order valence-electron chi connectivity index (χ3n) is 5.17. The quantitative estimate of drug-likeness (QED) is 0.904. The number of ether oxygens (including phenoxy) is 1. The molecular formula is C20H24ClN3O. The van der Waals surface area contributed by atoms with Gasteiger partial charge in [0.15, 0.2) is 0 Å². The first kappa shape index (κ1) is 16.8. The van der Waals surface area contributed by atoms with Gasteiger partial charge >= 0.3 is 0 Å². The van der Waals surface area contributed by atoms with Crippen LogP contribution in [0.2, 0.25) is 5.02 Å². The van der Waals surface area contributed by atoms with Crippen molar-refractivity contribution < 1.29 is 4.74 Å². The smallest absolute Gasteiger partial charge is 0.129 e. The van der Waals surface area contributed by atoms with Crippen LogP contribution in [0, 0.1) is 0 Å². The van der Waals surface area contributed by atoms with Gasteiger partial charge in [0, 0.05) is 30.7 Å². The molecule has 1 aromatic heterocycles. The van der Waals surface area contributed by atoms with Gasteiger partial charge in [-0.1, -0.05) is 35.9 Å². The van der Waals surface area contributed by atoms with Gasteiger partial charge in [0.05, 0.1) is 12.3 Å². The van der Waals surface area contributed by atoms with Crippen molar-refractivity contribution in [3.05, 3.63) is 58.2 Å². The Morgan fingerprint density at radius 2 is 2.16 bits per heavy atom. The minimum atomic E-state index is 0.0597. The van der Waals surface area contributed by atoms with Gasteiger partial charge in [-0.25, -0.2) is 4.98 Å². The van der Waals surface area contributed by atoms with Crippen LogP contribution in [0.4, 0.5) is 5.82 Å². The van der Waals surface area contributed by atoms with Gasteiger partial charge in [-0.05, 0) is 43.0 Å². The summed E-state index contributed by atoms with van der Waals surface area (Å²) in [5.41, 5.74) is 3.45. The molecule has 0 amide bonds. The molecule has 2 aromatic rings. The highest BCUT2D eigenvalue weighted by Crippen LogP contribution is 2.35. The Kier molecular flexibility index (Phi) is 4.93. The molecule has 1 N–H and O–H groups in total. The van der Waals surface area contributed by atoms with E-state index in [0.29, 0.717) is 12.6 Å². The first-order chi connectivity index (χ1) is 12.2. The van der Waals surface area contributed by atoms with Crippen LogP contribution in [0.1, 0.15) is 36.3 Å². The second kappa shape index (κ2) is 7.32. The predicted octanol–water partition coefficient (Wildman–Crippen LogP) is 3.74. The van der Waals surface area contributed by atoms with Crippen LogP contribution in [0.5, 0.6) is 0 Å². The van der Waals surface area contributed by atoms with Crippen LogP contribution in [-0.2, 0) is 17.8 Å². The number of piperazine rings is 1. The molecule has 2 atom stereocenters. The van der Waals surface area contributed by atoms with Gasteiger partial charge in [0.2, 0.25) is 0 Å². The number of halogens is 1. The predicted molar refractivity (Wildman–Crippen MR) is 101 cm³/mol. The maximum Gasteiger partial charge on any atom is 0.129 e. The fourth-order valence-electron chi connectivity index (χ4n) is 3.72. The Bertz CT molecular complexity index is 751. The van der Waals surface area contributed by atoms with Crippen molar-refractivity contribution >= 4 is 17.4 Å². The Morgan fingerprint density at radius 1 is 1.28 bits per heavy atom. The lowest BCUT2D eigenvalue weighted by molar-refractivity contribution is 0.0386.